The van der Waals surface area contributed by atoms with Crippen molar-refractivity contribution in [3.8, 4) is 5.75 Å². The van der Waals surface area contributed by atoms with E-state index in [0.29, 0.717) is 6.54 Å². The van der Waals surface area contributed by atoms with Gasteiger partial charge in [0.15, 0.2) is 0 Å². The highest BCUT2D eigenvalue weighted by Crippen LogP contribution is 2.47. The molecule has 0 heterocycles. The molecule has 2 aromatic rings. The number of rotatable bonds is 5. The summed E-state index contributed by atoms with van der Waals surface area (Å²) in [4.78, 5) is 12.2. The van der Waals surface area contributed by atoms with Gasteiger partial charge in [-0.2, -0.15) is 0 Å². The Labute approximate surface area is 131 Å². The Kier molecular flexibility index (Phi) is 3.88. The van der Waals surface area contributed by atoms with Gasteiger partial charge in [-0.25, -0.2) is 0 Å². The minimum absolute atomic E-state index is 0.000198. The van der Waals surface area contributed by atoms with Crippen molar-refractivity contribution in [1.82, 2.24) is 5.32 Å². The van der Waals surface area contributed by atoms with Gasteiger partial charge in [0.2, 0.25) is 0 Å². The van der Waals surface area contributed by atoms with E-state index in [0.717, 1.165) is 29.7 Å². The Bertz CT molecular complexity index is 655. The summed E-state index contributed by atoms with van der Waals surface area (Å²) in [5.41, 5.74) is 3.26. The van der Waals surface area contributed by atoms with Gasteiger partial charge in [0.05, 0.1) is 7.11 Å². The summed E-state index contributed by atoms with van der Waals surface area (Å²) >= 11 is 0. The van der Waals surface area contributed by atoms with Crippen molar-refractivity contribution >= 4 is 5.91 Å². The minimum Gasteiger partial charge on any atom is -0.497 e. The highest BCUT2D eigenvalue weighted by molar-refractivity contribution is 5.94. The maximum atomic E-state index is 12.2. The van der Waals surface area contributed by atoms with Crippen LogP contribution in [0, 0.1) is 6.92 Å². The molecule has 3 rings (SSSR count). The van der Waals surface area contributed by atoms with E-state index in [2.05, 4.69) is 17.4 Å². The summed E-state index contributed by atoms with van der Waals surface area (Å²) in [6.07, 6.45) is 2.24. The van der Waals surface area contributed by atoms with Crippen LogP contribution in [0.15, 0.2) is 48.5 Å². The number of amides is 1. The number of carbonyl (C=O) groups is 1. The Hall–Kier alpha value is -2.29. The van der Waals surface area contributed by atoms with Crippen molar-refractivity contribution < 1.29 is 9.53 Å². The van der Waals surface area contributed by atoms with Gasteiger partial charge >= 0.3 is 0 Å². The van der Waals surface area contributed by atoms with Crippen molar-refractivity contribution in [3.05, 3.63) is 65.2 Å². The maximum Gasteiger partial charge on any atom is 0.251 e. The second kappa shape index (κ2) is 5.84. The van der Waals surface area contributed by atoms with Crippen molar-refractivity contribution in [2.45, 2.75) is 25.2 Å². The van der Waals surface area contributed by atoms with Crippen molar-refractivity contribution in [2.75, 3.05) is 13.7 Å². The molecule has 0 unspecified atom stereocenters. The van der Waals surface area contributed by atoms with Gasteiger partial charge in [-0.15, -0.1) is 0 Å². The third-order valence-corrected chi connectivity index (χ3v) is 4.46. The van der Waals surface area contributed by atoms with E-state index in [-0.39, 0.29) is 11.3 Å². The zero-order valence-corrected chi connectivity index (χ0v) is 13.1. The smallest absolute Gasteiger partial charge is 0.251 e. The lowest BCUT2D eigenvalue weighted by molar-refractivity contribution is 0.0949. The summed E-state index contributed by atoms with van der Waals surface area (Å²) < 4.78 is 5.20. The molecular weight excluding hydrogens is 274 g/mol. The molecule has 2 aromatic carbocycles. The van der Waals surface area contributed by atoms with Crippen LogP contribution < -0.4 is 10.1 Å². The molecule has 1 N–H and O–H groups in total. The fraction of sp³-hybridized carbons (Fsp3) is 0.316. The number of hydrogen-bond donors (Lipinski definition) is 1. The number of ether oxygens (including phenoxy) is 1. The number of benzene rings is 2. The number of methoxy groups -OCH3 is 1. The van der Waals surface area contributed by atoms with Crippen LogP contribution in [0.3, 0.4) is 0 Å². The molecule has 1 amide bonds. The van der Waals surface area contributed by atoms with E-state index in [4.69, 9.17) is 4.74 Å². The first-order chi connectivity index (χ1) is 10.6. The molecule has 3 heteroatoms. The standard InChI is InChI=1S/C19H21NO2/c1-14-3-5-15(6-4-14)18(21)20-13-19(11-12-19)16-7-9-17(22-2)10-8-16/h3-10H,11-13H2,1-2H3,(H,20,21). The summed E-state index contributed by atoms with van der Waals surface area (Å²) in [6.45, 7) is 2.70. The molecule has 22 heavy (non-hydrogen) atoms. The molecule has 0 aliphatic heterocycles. The first-order valence-corrected chi connectivity index (χ1v) is 7.62. The molecule has 1 aliphatic carbocycles. The second-order valence-electron chi connectivity index (χ2n) is 6.06. The summed E-state index contributed by atoms with van der Waals surface area (Å²) in [7, 11) is 1.67. The zero-order valence-electron chi connectivity index (χ0n) is 13.1. The number of carbonyl (C=O) groups excluding carboxylic acids is 1. The normalized spacial score (nSPS) is 15.2. The molecule has 114 valence electrons. The quantitative estimate of drug-likeness (QED) is 0.917. The fourth-order valence-corrected chi connectivity index (χ4v) is 2.72. The number of hydrogen-bond acceptors (Lipinski definition) is 2. The predicted octanol–water partition coefficient (Wildman–Crippen LogP) is 3.47. The fourth-order valence-electron chi connectivity index (χ4n) is 2.72. The lowest BCUT2D eigenvalue weighted by atomic mass is 9.95. The molecule has 1 saturated carbocycles. The molecule has 0 atom stereocenters. The minimum atomic E-state index is -0.000198. The SMILES string of the molecule is COc1ccc(C2(CNC(=O)c3ccc(C)cc3)CC2)cc1. The van der Waals surface area contributed by atoms with Crippen LogP contribution in [0.2, 0.25) is 0 Å². The van der Waals surface area contributed by atoms with Gasteiger partial charge in [0.25, 0.3) is 5.91 Å². The highest BCUT2D eigenvalue weighted by atomic mass is 16.5. The zero-order chi connectivity index (χ0) is 15.6. The lowest BCUT2D eigenvalue weighted by Crippen LogP contribution is -2.32. The van der Waals surface area contributed by atoms with Crippen LogP contribution in [0.25, 0.3) is 0 Å². The van der Waals surface area contributed by atoms with Crippen LogP contribution in [0.5, 0.6) is 5.75 Å². The average Bonchev–Trinajstić information content (AvgIpc) is 3.34. The average molecular weight is 295 g/mol. The molecule has 0 spiro atoms. The topological polar surface area (TPSA) is 38.3 Å². The second-order valence-corrected chi connectivity index (χ2v) is 6.06. The van der Waals surface area contributed by atoms with Gasteiger partial charge in [-0.1, -0.05) is 29.8 Å². The van der Waals surface area contributed by atoms with Crippen molar-refractivity contribution in [2.24, 2.45) is 0 Å². The first kappa shape index (κ1) is 14.6. The van der Waals surface area contributed by atoms with E-state index in [9.17, 15) is 4.79 Å². The summed E-state index contributed by atoms with van der Waals surface area (Å²) in [5.74, 6) is 0.864. The third-order valence-electron chi connectivity index (χ3n) is 4.46. The van der Waals surface area contributed by atoms with Gasteiger partial charge in [0.1, 0.15) is 5.75 Å². The van der Waals surface area contributed by atoms with Crippen LogP contribution in [0.4, 0.5) is 0 Å². The van der Waals surface area contributed by atoms with E-state index in [1.165, 1.54) is 5.56 Å². The van der Waals surface area contributed by atoms with Gasteiger partial charge < -0.3 is 10.1 Å². The Morgan fingerprint density at radius 1 is 1.09 bits per heavy atom. The maximum absolute atomic E-state index is 12.2. The van der Waals surface area contributed by atoms with Crippen molar-refractivity contribution in [3.63, 3.8) is 0 Å². The molecule has 3 nitrogen and oxygen atoms in total. The predicted molar refractivity (Wildman–Crippen MR) is 87.4 cm³/mol. The van der Waals surface area contributed by atoms with Crippen LogP contribution >= 0.6 is 0 Å². The van der Waals surface area contributed by atoms with Crippen LogP contribution in [-0.4, -0.2) is 19.6 Å². The van der Waals surface area contributed by atoms with Crippen LogP contribution in [0.1, 0.15) is 34.3 Å². The third kappa shape index (κ3) is 2.98. The monoisotopic (exact) mass is 295 g/mol. The Morgan fingerprint density at radius 2 is 1.73 bits per heavy atom. The number of nitrogens with one attached hydrogen (secondary N) is 1. The largest absolute Gasteiger partial charge is 0.497 e. The van der Waals surface area contributed by atoms with Gasteiger partial charge in [-0.05, 0) is 49.6 Å². The molecular formula is C19H21NO2. The van der Waals surface area contributed by atoms with E-state index in [1.807, 2.05) is 43.3 Å². The molecule has 0 saturated heterocycles. The first-order valence-electron chi connectivity index (χ1n) is 7.62. The molecule has 0 aromatic heterocycles. The number of aryl methyl sites for hydroxylation is 1. The van der Waals surface area contributed by atoms with Gasteiger partial charge in [0, 0.05) is 17.5 Å². The van der Waals surface area contributed by atoms with Crippen LogP contribution in [-0.2, 0) is 5.41 Å². The van der Waals surface area contributed by atoms with E-state index in [1.54, 1.807) is 7.11 Å². The molecule has 0 radical (unpaired) electrons. The molecule has 1 aliphatic rings. The van der Waals surface area contributed by atoms with Crippen molar-refractivity contribution in [1.29, 1.82) is 0 Å². The summed E-state index contributed by atoms with van der Waals surface area (Å²) in [5, 5.41) is 3.08. The summed E-state index contributed by atoms with van der Waals surface area (Å²) in [6, 6.07) is 15.8. The lowest BCUT2D eigenvalue weighted by Gasteiger charge is -2.17. The van der Waals surface area contributed by atoms with E-state index >= 15 is 0 Å². The van der Waals surface area contributed by atoms with E-state index < -0.39 is 0 Å². The van der Waals surface area contributed by atoms with Gasteiger partial charge in [-0.3, -0.25) is 4.79 Å². The highest BCUT2D eigenvalue weighted by Gasteiger charge is 2.44. The molecule has 1 fully saturated rings. The Morgan fingerprint density at radius 3 is 2.27 bits per heavy atom. The molecule has 0 bridgehead atoms. The Balaban J connectivity index is 1.65.